The van der Waals surface area contributed by atoms with E-state index in [2.05, 4.69) is 29.6 Å². The van der Waals surface area contributed by atoms with Crippen molar-refractivity contribution in [3.05, 3.63) is 35.4 Å². The topological polar surface area (TPSA) is 47.6 Å². The summed E-state index contributed by atoms with van der Waals surface area (Å²) in [4.78, 5) is 11.8. The van der Waals surface area contributed by atoms with Crippen LogP contribution in [0.4, 0.5) is 0 Å². The van der Waals surface area contributed by atoms with Gasteiger partial charge in [-0.15, -0.1) is 0 Å². The van der Waals surface area contributed by atoms with Crippen molar-refractivity contribution < 1.29 is 14.3 Å². The third-order valence-electron chi connectivity index (χ3n) is 4.71. The molecule has 1 fully saturated rings. The molecule has 1 aliphatic heterocycles. The Balaban J connectivity index is 1.32. The molecule has 0 unspecified atom stereocenters. The van der Waals surface area contributed by atoms with E-state index in [9.17, 15) is 4.79 Å². The van der Waals surface area contributed by atoms with Gasteiger partial charge in [-0.2, -0.15) is 0 Å². The molecule has 4 heteroatoms. The highest BCUT2D eigenvalue weighted by atomic mass is 16.5. The molecule has 1 heterocycles. The summed E-state index contributed by atoms with van der Waals surface area (Å²) >= 11 is 0. The summed E-state index contributed by atoms with van der Waals surface area (Å²) in [6.07, 6.45) is 7.25. The van der Waals surface area contributed by atoms with Crippen LogP contribution in [0.15, 0.2) is 24.3 Å². The third kappa shape index (κ3) is 4.79. The minimum Gasteiger partial charge on any atom is -0.378 e. The first kappa shape index (κ1) is 16.5. The summed E-state index contributed by atoms with van der Waals surface area (Å²) in [6, 6.07) is 8.58. The van der Waals surface area contributed by atoms with Gasteiger partial charge in [-0.3, -0.25) is 4.79 Å². The summed E-state index contributed by atoms with van der Waals surface area (Å²) in [5, 5.41) is 2.97. The van der Waals surface area contributed by atoms with E-state index in [-0.39, 0.29) is 18.1 Å². The van der Waals surface area contributed by atoms with E-state index in [4.69, 9.17) is 9.47 Å². The van der Waals surface area contributed by atoms with Crippen LogP contribution in [-0.4, -0.2) is 31.8 Å². The lowest BCUT2D eigenvalue weighted by Gasteiger charge is -2.25. The molecular weight excluding hydrogens is 290 g/mol. The molecule has 3 rings (SSSR count). The van der Waals surface area contributed by atoms with Crippen LogP contribution in [-0.2, 0) is 20.7 Å². The van der Waals surface area contributed by atoms with Gasteiger partial charge in [-0.1, -0.05) is 24.3 Å². The minimum absolute atomic E-state index is 0.0971. The molecule has 4 nitrogen and oxygen atoms in total. The molecular formula is C19H27NO3. The van der Waals surface area contributed by atoms with Gasteiger partial charge in [0.1, 0.15) is 0 Å². The first-order chi connectivity index (χ1) is 11.3. The van der Waals surface area contributed by atoms with Gasteiger partial charge in [0.2, 0.25) is 5.91 Å². The molecule has 23 heavy (non-hydrogen) atoms. The Morgan fingerprint density at radius 3 is 3.04 bits per heavy atom. The van der Waals surface area contributed by atoms with E-state index >= 15 is 0 Å². The number of aryl methyl sites for hydroxylation is 1. The van der Waals surface area contributed by atoms with E-state index < -0.39 is 0 Å². The van der Waals surface area contributed by atoms with Gasteiger partial charge in [-0.05, 0) is 49.7 Å². The fourth-order valence-electron chi connectivity index (χ4n) is 3.49. The number of hydrogen-bond donors (Lipinski definition) is 1. The standard InChI is InChI=1S/C19H27NO3/c21-19(14-16-8-4-12-22-16)20-11-5-13-23-18-10-3-7-15-6-1-2-9-17(15)18/h1-2,6,9,16,18H,3-5,7-8,10-14H2,(H,20,21)/t16-,18-/m1/s1. The number of hydrogen-bond acceptors (Lipinski definition) is 3. The second-order valence-electron chi connectivity index (χ2n) is 6.49. The maximum Gasteiger partial charge on any atom is 0.222 e. The zero-order valence-corrected chi connectivity index (χ0v) is 13.8. The third-order valence-corrected chi connectivity index (χ3v) is 4.71. The van der Waals surface area contributed by atoms with Crippen molar-refractivity contribution >= 4 is 5.91 Å². The Kier molecular flexibility index (Phi) is 6.06. The van der Waals surface area contributed by atoms with Crippen molar-refractivity contribution in [2.45, 2.75) is 57.2 Å². The van der Waals surface area contributed by atoms with E-state index in [1.54, 1.807) is 0 Å². The van der Waals surface area contributed by atoms with Crippen molar-refractivity contribution in [3.8, 4) is 0 Å². The number of benzene rings is 1. The molecule has 0 saturated carbocycles. The van der Waals surface area contributed by atoms with Gasteiger partial charge in [0, 0.05) is 19.8 Å². The summed E-state index contributed by atoms with van der Waals surface area (Å²) in [5.74, 6) is 0.0971. The van der Waals surface area contributed by atoms with Crippen molar-refractivity contribution in [2.75, 3.05) is 19.8 Å². The molecule has 0 bridgehead atoms. The largest absolute Gasteiger partial charge is 0.378 e. The number of carbonyl (C=O) groups is 1. The van der Waals surface area contributed by atoms with E-state index in [1.807, 2.05) is 0 Å². The smallest absolute Gasteiger partial charge is 0.222 e. The Labute approximate surface area is 138 Å². The zero-order valence-electron chi connectivity index (χ0n) is 13.8. The lowest BCUT2D eigenvalue weighted by Crippen LogP contribution is -2.28. The van der Waals surface area contributed by atoms with Crippen molar-refractivity contribution in [1.82, 2.24) is 5.32 Å². The van der Waals surface area contributed by atoms with E-state index in [0.717, 1.165) is 38.7 Å². The molecule has 1 saturated heterocycles. The normalized spacial score (nSPS) is 23.5. The zero-order chi connectivity index (χ0) is 15.9. The fraction of sp³-hybridized carbons (Fsp3) is 0.632. The highest BCUT2D eigenvalue weighted by Gasteiger charge is 2.20. The maximum atomic E-state index is 11.8. The Morgan fingerprint density at radius 2 is 2.17 bits per heavy atom. The average molecular weight is 317 g/mol. The summed E-state index contributed by atoms with van der Waals surface area (Å²) in [5.41, 5.74) is 2.77. The Morgan fingerprint density at radius 1 is 1.26 bits per heavy atom. The molecule has 1 amide bonds. The summed E-state index contributed by atoms with van der Waals surface area (Å²) in [7, 11) is 0. The van der Waals surface area contributed by atoms with Crippen LogP contribution >= 0.6 is 0 Å². The van der Waals surface area contributed by atoms with Crippen LogP contribution in [0.3, 0.4) is 0 Å². The lowest BCUT2D eigenvalue weighted by molar-refractivity contribution is -0.123. The second-order valence-corrected chi connectivity index (χ2v) is 6.49. The fourth-order valence-corrected chi connectivity index (χ4v) is 3.49. The summed E-state index contributed by atoms with van der Waals surface area (Å²) in [6.45, 7) is 2.17. The number of nitrogens with one attached hydrogen (secondary N) is 1. The minimum atomic E-state index is 0.0971. The van der Waals surface area contributed by atoms with Crippen molar-refractivity contribution in [2.24, 2.45) is 0 Å². The average Bonchev–Trinajstić information content (AvgIpc) is 3.07. The predicted molar refractivity (Wildman–Crippen MR) is 89.3 cm³/mol. The molecule has 2 atom stereocenters. The highest BCUT2D eigenvalue weighted by Crippen LogP contribution is 2.32. The van der Waals surface area contributed by atoms with Crippen LogP contribution in [0.25, 0.3) is 0 Å². The van der Waals surface area contributed by atoms with E-state index in [0.29, 0.717) is 19.6 Å². The number of fused-ring (bicyclic) bond motifs is 1. The van der Waals surface area contributed by atoms with Crippen molar-refractivity contribution in [3.63, 3.8) is 0 Å². The van der Waals surface area contributed by atoms with Gasteiger partial charge >= 0.3 is 0 Å². The van der Waals surface area contributed by atoms with Crippen LogP contribution in [0.5, 0.6) is 0 Å². The SMILES string of the molecule is O=C(C[C@H]1CCCO1)NCCCO[C@@H]1CCCc2ccccc21. The Bertz CT molecular complexity index is 511. The number of amides is 1. The molecule has 126 valence electrons. The maximum absolute atomic E-state index is 11.8. The first-order valence-corrected chi connectivity index (χ1v) is 8.90. The second kappa shape index (κ2) is 8.46. The molecule has 1 aliphatic carbocycles. The number of carbonyl (C=O) groups excluding carboxylic acids is 1. The van der Waals surface area contributed by atoms with Crippen LogP contribution < -0.4 is 5.32 Å². The van der Waals surface area contributed by atoms with Gasteiger partial charge in [0.05, 0.1) is 18.6 Å². The Hall–Kier alpha value is -1.39. The quantitative estimate of drug-likeness (QED) is 0.786. The molecule has 0 spiro atoms. The van der Waals surface area contributed by atoms with Crippen molar-refractivity contribution in [1.29, 1.82) is 0 Å². The molecule has 1 N–H and O–H groups in total. The molecule has 0 radical (unpaired) electrons. The van der Waals surface area contributed by atoms with E-state index in [1.165, 1.54) is 17.5 Å². The number of rotatable bonds is 7. The molecule has 1 aromatic carbocycles. The van der Waals surface area contributed by atoms with Crippen LogP contribution in [0.1, 0.15) is 55.8 Å². The predicted octanol–water partition coefficient (Wildman–Crippen LogP) is 3.16. The first-order valence-electron chi connectivity index (χ1n) is 8.90. The van der Waals surface area contributed by atoms with Gasteiger partial charge < -0.3 is 14.8 Å². The molecule has 1 aromatic rings. The van der Waals surface area contributed by atoms with Gasteiger partial charge in [-0.25, -0.2) is 0 Å². The highest BCUT2D eigenvalue weighted by molar-refractivity contribution is 5.76. The van der Waals surface area contributed by atoms with Gasteiger partial charge in [0.15, 0.2) is 0 Å². The number of ether oxygens (including phenoxy) is 2. The lowest BCUT2D eigenvalue weighted by atomic mass is 9.89. The van der Waals surface area contributed by atoms with Crippen LogP contribution in [0, 0.1) is 0 Å². The van der Waals surface area contributed by atoms with Gasteiger partial charge in [0.25, 0.3) is 0 Å². The molecule has 0 aromatic heterocycles. The summed E-state index contributed by atoms with van der Waals surface area (Å²) < 4.78 is 11.5. The monoisotopic (exact) mass is 317 g/mol. The molecule has 2 aliphatic rings. The van der Waals surface area contributed by atoms with Crippen LogP contribution in [0.2, 0.25) is 0 Å².